The van der Waals surface area contributed by atoms with Crippen molar-refractivity contribution >= 4 is 33.9 Å². The second kappa shape index (κ2) is 6.38. The van der Waals surface area contributed by atoms with E-state index in [0.29, 0.717) is 11.3 Å². The molecule has 0 saturated carbocycles. The van der Waals surface area contributed by atoms with E-state index in [2.05, 4.69) is 20.9 Å². The summed E-state index contributed by atoms with van der Waals surface area (Å²) in [5, 5.41) is 0. The number of benzene rings is 2. The van der Waals surface area contributed by atoms with Crippen molar-refractivity contribution in [1.82, 2.24) is 0 Å². The number of methoxy groups -OCH3 is 1. The van der Waals surface area contributed by atoms with Gasteiger partial charge in [0.05, 0.1) is 12.7 Å². The van der Waals surface area contributed by atoms with Crippen molar-refractivity contribution in [3.05, 3.63) is 69.3 Å². The highest BCUT2D eigenvalue weighted by atomic mass is 79.9. The lowest BCUT2D eigenvalue weighted by molar-refractivity contribution is -0.129. The van der Waals surface area contributed by atoms with E-state index in [1.807, 2.05) is 37.3 Å². The van der Waals surface area contributed by atoms with Crippen LogP contribution in [-0.4, -0.2) is 19.0 Å². The third kappa shape index (κ3) is 3.35. The first-order valence-electron chi connectivity index (χ1n) is 7.00. The Morgan fingerprint density at radius 3 is 2.61 bits per heavy atom. The fourth-order valence-electron chi connectivity index (χ4n) is 2.19. The number of cyclic esters (lactones) is 1. The van der Waals surface area contributed by atoms with E-state index in [-0.39, 0.29) is 11.6 Å². The molecule has 0 unspecified atom stereocenters. The Bertz CT molecular complexity index is 823. The molecule has 0 atom stereocenters. The molecule has 2 aromatic rings. The zero-order chi connectivity index (χ0) is 16.4. The van der Waals surface area contributed by atoms with Crippen LogP contribution in [-0.2, 0) is 9.53 Å². The standard InChI is InChI=1S/C18H14BrNO3/c1-11-3-5-12(6-4-11)9-15-18(21)23-17(20-15)14-10-13(19)7-8-16(14)22-2/h3-10H,1-2H3/b15-9+. The van der Waals surface area contributed by atoms with Crippen molar-refractivity contribution < 1.29 is 14.3 Å². The Balaban J connectivity index is 1.98. The van der Waals surface area contributed by atoms with E-state index in [0.717, 1.165) is 15.6 Å². The Hall–Kier alpha value is -2.40. The van der Waals surface area contributed by atoms with Gasteiger partial charge in [-0.05, 0) is 36.8 Å². The third-order valence-electron chi connectivity index (χ3n) is 3.39. The average Bonchev–Trinajstić information content (AvgIpc) is 2.90. The molecule has 1 heterocycles. The van der Waals surface area contributed by atoms with Crippen molar-refractivity contribution in [2.45, 2.75) is 6.92 Å². The van der Waals surface area contributed by atoms with Crippen LogP contribution < -0.4 is 4.74 Å². The lowest BCUT2D eigenvalue weighted by atomic mass is 10.1. The lowest BCUT2D eigenvalue weighted by Gasteiger charge is -2.07. The molecule has 4 nitrogen and oxygen atoms in total. The number of halogens is 1. The SMILES string of the molecule is COc1ccc(Br)cc1C1=N/C(=C/c2ccc(C)cc2)C(=O)O1. The van der Waals surface area contributed by atoms with Crippen molar-refractivity contribution in [3.63, 3.8) is 0 Å². The molecule has 3 rings (SSSR count). The molecule has 1 aliphatic heterocycles. The molecule has 116 valence electrons. The highest BCUT2D eigenvalue weighted by molar-refractivity contribution is 9.10. The Morgan fingerprint density at radius 2 is 1.91 bits per heavy atom. The van der Waals surface area contributed by atoms with Crippen LogP contribution in [0.5, 0.6) is 5.75 Å². The topological polar surface area (TPSA) is 47.9 Å². The Labute approximate surface area is 142 Å². The van der Waals surface area contributed by atoms with Crippen LogP contribution in [0.15, 0.2) is 57.6 Å². The maximum absolute atomic E-state index is 12.1. The van der Waals surface area contributed by atoms with Gasteiger partial charge in [-0.3, -0.25) is 0 Å². The maximum Gasteiger partial charge on any atom is 0.363 e. The van der Waals surface area contributed by atoms with Crippen LogP contribution in [0.4, 0.5) is 0 Å². The van der Waals surface area contributed by atoms with Gasteiger partial charge in [-0.15, -0.1) is 0 Å². The quantitative estimate of drug-likeness (QED) is 0.602. The number of esters is 1. The van der Waals surface area contributed by atoms with Crippen LogP contribution in [0.1, 0.15) is 16.7 Å². The smallest absolute Gasteiger partial charge is 0.363 e. The summed E-state index contributed by atoms with van der Waals surface area (Å²) in [5.41, 5.74) is 2.95. The van der Waals surface area contributed by atoms with Crippen LogP contribution in [0, 0.1) is 6.92 Å². The van der Waals surface area contributed by atoms with Gasteiger partial charge in [-0.25, -0.2) is 9.79 Å². The number of aliphatic imine (C=N–C) groups is 1. The summed E-state index contributed by atoms with van der Waals surface area (Å²) in [6.45, 7) is 2.01. The largest absolute Gasteiger partial charge is 0.496 e. The van der Waals surface area contributed by atoms with E-state index < -0.39 is 5.97 Å². The maximum atomic E-state index is 12.1. The molecular formula is C18H14BrNO3. The van der Waals surface area contributed by atoms with Gasteiger partial charge in [0.25, 0.3) is 0 Å². The number of carbonyl (C=O) groups excluding carboxylic acids is 1. The van der Waals surface area contributed by atoms with Crippen LogP contribution >= 0.6 is 15.9 Å². The molecular weight excluding hydrogens is 358 g/mol. The summed E-state index contributed by atoms with van der Waals surface area (Å²) in [4.78, 5) is 16.4. The molecule has 1 aliphatic rings. The number of rotatable bonds is 3. The highest BCUT2D eigenvalue weighted by Crippen LogP contribution is 2.28. The van der Waals surface area contributed by atoms with Crippen molar-refractivity contribution in [2.24, 2.45) is 4.99 Å². The molecule has 0 amide bonds. The van der Waals surface area contributed by atoms with E-state index in [1.54, 1.807) is 25.3 Å². The van der Waals surface area contributed by atoms with Crippen molar-refractivity contribution in [2.75, 3.05) is 7.11 Å². The molecule has 0 aliphatic carbocycles. The zero-order valence-corrected chi connectivity index (χ0v) is 14.3. The Kier molecular flexibility index (Phi) is 4.30. The van der Waals surface area contributed by atoms with E-state index in [9.17, 15) is 4.79 Å². The minimum atomic E-state index is -0.470. The van der Waals surface area contributed by atoms with Gasteiger partial charge in [0.1, 0.15) is 5.75 Å². The first kappa shape index (κ1) is 15.5. The van der Waals surface area contributed by atoms with Crippen LogP contribution in [0.3, 0.4) is 0 Å². The van der Waals surface area contributed by atoms with Gasteiger partial charge in [0.15, 0.2) is 5.70 Å². The number of aryl methyl sites for hydroxylation is 1. The fourth-order valence-corrected chi connectivity index (χ4v) is 2.55. The molecule has 0 N–H and O–H groups in total. The third-order valence-corrected chi connectivity index (χ3v) is 3.89. The number of hydrogen-bond acceptors (Lipinski definition) is 4. The minimum absolute atomic E-state index is 0.242. The van der Waals surface area contributed by atoms with Crippen molar-refractivity contribution in [1.29, 1.82) is 0 Å². The van der Waals surface area contributed by atoms with Gasteiger partial charge >= 0.3 is 5.97 Å². The molecule has 0 radical (unpaired) electrons. The van der Waals surface area contributed by atoms with E-state index >= 15 is 0 Å². The fraction of sp³-hybridized carbons (Fsp3) is 0.111. The zero-order valence-electron chi connectivity index (χ0n) is 12.7. The van der Waals surface area contributed by atoms with Crippen molar-refractivity contribution in [3.8, 4) is 5.75 Å². The van der Waals surface area contributed by atoms with E-state index in [1.165, 1.54) is 0 Å². The molecule has 0 bridgehead atoms. The second-order valence-corrected chi connectivity index (χ2v) is 6.01. The number of nitrogens with zero attached hydrogens (tertiary/aromatic N) is 1. The summed E-state index contributed by atoms with van der Waals surface area (Å²) in [6.07, 6.45) is 1.71. The highest BCUT2D eigenvalue weighted by Gasteiger charge is 2.26. The number of hydrogen-bond donors (Lipinski definition) is 0. The monoisotopic (exact) mass is 371 g/mol. The predicted molar refractivity (Wildman–Crippen MR) is 92.5 cm³/mol. The molecule has 0 fully saturated rings. The number of ether oxygens (including phenoxy) is 2. The first-order valence-corrected chi connectivity index (χ1v) is 7.79. The molecule has 0 aromatic heterocycles. The average molecular weight is 372 g/mol. The second-order valence-electron chi connectivity index (χ2n) is 5.09. The normalized spacial score (nSPS) is 15.5. The molecule has 0 saturated heterocycles. The molecule has 5 heteroatoms. The minimum Gasteiger partial charge on any atom is -0.496 e. The molecule has 0 spiro atoms. The summed E-state index contributed by atoms with van der Waals surface area (Å²) < 4.78 is 11.4. The molecule has 2 aromatic carbocycles. The van der Waals surface area contributed by atoms with Gasteiger partial charge < -0.3 is 9.47 Å². The predicted octanol–water partition coefficient (Wildman–Crippen LogP) is 4.11. The van der Waals surface area contributed by atoms with Gasteiger partial charge in [0.2, 0.25) is 5.90 Å². The first-order chi connectivity index (χ1) is 11.1. The lowest BCUT2D eigenvalue weighted by Crippen LogP contribution is -2.07. The van der Waals surface area contributed by atoms with Gasteiger partial charge in [0, 0.05) is 4.47 Å². The van der Waals surface area contributed by atoms with Gasteiger partial charge in [-0.2, -0.15) is 0 Å². The Morgan fingerprint density at radius 1 is 1.17 bits per heavy atom. The summed E-state index contributed by atoms with van der Waals surface area (Å²) in [7, 11) is 1.56. The van der Waals surface area contributed by atoms with E-state index in [4.69, 9.17) is 9.47 Å². The summed E-state index contributed by atoms with van der Waals surface area (Å²) in [6, 6.07) is 13.3. The molecule has 23 heavy (non-hydrogen) atoms. The number of carbonyl (C=O) groups is 1. The van der Waals surface area contributed by atoms with Crippen LogP contribution in [0.2, 0.25) is 0 Å². The summed E-state index contributed by atoms with van der Waals surface area (Å²) >= 11 is 3.40. The van der Waals surface area contributed by atoms with Crippen LogP contribution in [0.25, 0.3) is 6.08 Å². The summed E-state index contributed by atoms with van der Waals surface area (Å²) in [5.74, 6) is 0.366. The van der Waals surface area contributed by atoms with Gasteiger partial charge in [-0.1, -0.05) is 45.8 Å².